The van der Waals surface area contributed by atoms with Gasteiger partial charge in [-0.05, 0) is 25.0 Å². The van der Waals surface area contributed by atoms with Gasteiger partial charge in [-0.3, -0.25) is 14.4 Å². The van der Waals surface area contributed by atoms with Gasteiger partial charge in [0.15, 0.2) is 5.78 Å². The largest absolute Gasteiger partial charge is 0.480 e. The number of nitrogens with zero attached hydrogens (tertiary/aromatic N) is 1. The summed E-state index contributed by atoms with van der Waals surface area (Å²) < 4.78 is 1.82. The second-order valence-corrected chi connectivity index (χ2v) is 7.23. The number of hydrogen-bond acceptors (Lipinski definition) is 3. The summed E-state index contributed by atoms with van der Waals surface area (Å²) in [7, 11) is 0. The Morgan fingerprint density at radius 3 is 2.09 bits per heavy atom. The van der Waals surface area contributed by atoms with Crippen LogP contribution in [0, 0.1) is 5.92 Å². The topological polar surface area (TPSA) is 96.6 Å². The molecule has 0 bridgehead atoms. The zero-order chi connectivity index (χ0) is 17.4. The normalized spacial score (nSPS) is 17.4. The Morgan fingerprint density at radius 2 is 1.65 bits per heavy atom. The lowest BCUT2D eigenvalue weighted by Gasteiger charge is -2.36. The Hall–Kier alpha value is -2.11. The van der Waals surface area contributed by atoms with Crippen LogP contribution in [0.1, 0.15) is 52.1 Å². The minimum atomic E-state index is -2.02. The highest BCUT2D eigenvalue weighted by atomic mass is 16.4. The number of aliphatic carboxylic acids is 2. The summed E-state index contributed by atoms with van der Waals surface area (Å²) in [6.45, 7) is 6.04. The fraction of sp³-hybridized carbons (Fsp3) is 0.588. The van der Waals surface area contributed by atoms with Gasteiger partial charge in [-0.1, -0.05) is 33.6 Å². The molecular formula is C17H23NO5. The molecule has 0 aromatic carbocycles. The molecule has 0 unspecified atom stereocenters. The van der Waals surface area contributed by atoms with Gasteiger partial charge in [-0.2, -0.15) is 0 Å². The van der Waals surface area contributed by atoms with Gasteiger partial charge in [0.05, 0.1) is 0 Å². The first-order valence-electron chi connectivity index (χ1n) is 7.79. The maximum atomic E-state index is 12.9. The lowest BCUT2D eigenvalue weighted by Crippen LogP contribution is -2.49. The minimum absolute atomic E-state index is 0.235. The SMILES string of the molecule is CC(C)(C)c1cccn1C1(C(=O)C(C(=O)O)C(=O)O)CCCC1. The van der Waals surface area contributed by atoms with E-state index < -0.39 is 29.2 Å². The molecule has 0 spiro atoms. The maximum absolute atomic E-state index is 12.9. The summed E-state index contributed by atoms with van der Waals surface area (Å²) in [5.74, 6) is -5.95. The van der Waals surface area contributed by atoms with Crippen LogP contribution in [0.15, 0.2) is 18.3 Å². The standard InChI is InChI=1S/C17H23NO5/c1-16(2,3)11-7-6-10-18(11)17(8-4-5-9-17)13(19)12(14(20)21)15(22)23/h6-7,10,12H,4-5,8-9H2,1-3H3,(H,20,21)(H,22,23). The monoisotopic (exact) mass is 321 g/mol. The van der Waals surface area contributed by atoms with Crippen molar-refractivity contribution in [3.05, 3.63) is 24.0 Å². The van der Waals surface area contributed by atoms with Crippen LogP contribution in [0.3, 0.4) is 0 Å². The van der Waals surface area contributed by atoms with E-state index in [2.05, 4.69) is 0 Å². The van der Waals surface area contributed by atoms with Crippen molar-refractivity contribution in [2.45, 2.75) is 57.4 Å². The lowest BCUT2D eigenvalue weighted by molar-refractivity contribution is -0.160. The molecule has 1 aromatic rings. The molecule has 1 aromatic heterocycles. The summed E-state index contributed by atoms with van der Waals surface area (Å²) in [4.78, 5) is 35.6. The molecule has 6 nitrogen and oxygen atoms in total. The Balaban J connectivity index is 2.58. The highest BCUT2D eigenvalue weighted by Gasteiger charge is 2.51. The van der Waals surface area contributed by atoms with Crippen molar-refractivity contribution in [3.63, 3.8) is 0 Å². The Morgan fingerprint density at radius 1 is 1.13 bits per heavy atom. The van der Waals surface area contributed by atoms with E-state index in [9.17, 15) is 24.6 Å². The van der Waals surface area contributed by atoms with Crippen LogP contribution in [0.4, 0.5) is 0 Å². The third kappa shape index (κ3) is 2.90. The van der Waals surface area contributed by atoms with Gasteiger partial charge in [0.1, 0.15) is 5.54 Å². The van der Waals surface area contributed by atoms with E-state index in [0.29, 0.717) is 12.8 Å². The molecule has 23 heavy (non-hydrogen) atoms. The number of ketones is 1. The Bertz CT molecular complexity index is 618. The van der Waals surface area contributed by atoms with Gasteiger partial charge < -0.3 is 14.8 Å². The molecule has 1 aliphatic carbocycles. The molecule has 6 heteroatoms. The first-order chi connectivity index (χ1) is 10.6. The quantitative estimate of drug-likeness (QED) is 0.812. The summed E-state index contributed by atoms with van der Waals surface area (Å²) >= 11 is 0. The van der Waals surface area contributed by atoms with E-state index in [-0.39, 0.29) is 5.41 Å². The van der Waals surface area contributed by atoms with Crippen LogP contribution in [0.2, 0.25) is 0 Å². The molecule has 0 radical (unpaired) electrons. The molecule has 0 saturated heterocycles. The van der Waals surface area contributed by atoms with E-state index in [1.165, 1.54) is 0 Å². The van der Waals surface area contributed by atoms with Gasteiger partial charge >= 0.3 is 11.9 Å². The molecule has 2 rings (SSSR count). The van der Waals surface area contributed by atoms with E-state index >= 15 is 0 Å². The predicted molar refractivity (Wildman–Crippen MR) is 83.3 cm³/mol. The van der Waals surface area contributed by atoms with Crippen LogP contribution in [-0.2, 0) is 25.3 Å². The number of carboxylic acids is 2. The zero-order valence-corrected chi connectivity index (χ0v) is 13.7. The minimum Gasteiger partial charge on any atom is -0.480 e. The van der Waals surface area contributed by atoms with E-state index in [4.69, 9.17) is 0 Å². The number of aromatic nitrogens is 1. The van der Waals surface area contributed by atoms with Crippen LogP contribution in [0.25, 0.3) is 0 Å². The van der Waals surface area contributed by atoms with Gasteiger partial charge in [0.2, 0.25) is 5.92 Å². The predicted octanol–water partition coefficient (Wildman–Crippen LogP) is 2.41. The molecule has 126 valence electrons. The first-order valence-corrected chi connectivity index (χ1v) is 7.79. The fourth-order valence-electron chi connectivity index (χ4n) is 3.53. The molecule has 1 saturated carbocycles. The molecule has 1 aliphatic rings. The smallest absolute Gasteiger partial charge is 0.325 e. The summed E-state index contributed by atoms with van der Waals surface area (Å²) in [6, 6.07) is 3.73. The Labute approximate surface area is 135 Å². The molecule has 0 atom stereocenters. The van der Waals surface area contributed by atoms with Crippen molar-refractivity contribution in [3.8, 4) is 0 Å². The van der Waals surface area contributed by atoms with Crippen LogP contribution in [-0.4, -0.2) is 32.5 Å². The highest BCUT2D eigenvalue weighted by molar-refractivity contribution is 6.16. The first kappa shape index (κ1) is 17.2. The molecule has 1 heterocycles. The molecule has 1 fully saturated rings. The number of rotatable bonds is 5. The maximum Gasteiger partial charge on any atom is 0.325 e. The molecule has 2 N–H and O–H groups in total. The van der Waals surface area contributed by atoms with E-state index in [0.717, 1.165) is 18.5 Å². The number of hydrogen-bond donors (Lipinski definition) is 2. The van der Waals surface area contributed by atoms with Gasteiger partial charge in [-0.25, -0.2) is 0 Å². The fourth-order valence-corrected chi connectivity index (χ4v) is 3.53. The van der Waals surface area contributed by atoms with Crippen molar-refractivity contribution in [2.24, 2.45) is 5.92 Å². The van der Waals surface area contributed by atoms with Crippen molar-refractivity contribution in [1.82, 2.24) is 4.57 Å². The van der Waals surface area contributed by atoms with Gasteiger partial charge in [-0.15, -0.1) is 0 Å². The second kappa shape index (κ2) is 5.83. The summed E-state index contributed by atoms with van der Waals surface area (Å²) in [6.07, 6.45) is 4.27. The number of Topliss-reactive ketones (excluding diaryl/α,β-unsaturated/α-hetero) is 1. The average Bonchev–Trinajstić information content (AvgIpc) is 3.07. The number of carbonyl (C=O) groups excluding carboxylic acids is 1. The third-order valence-electron chi connectivity index (χ3n) is 4.62. The van der Waals surface area contributed by atoms with Crippen molar-refractivity contribution < 1.29 is 24.6 Å². The number of carboxylic acid groups (broad SMARTS) is 2. The highest BCUT2D eigenvalue weighted by Crippen LogP contribution is 2.42. The van der Waals surface area contributed by atoms with Crippen molar-refractivity contribution in [1.29, 1.82) is 0 Å². The van der Waals surface area contributed by atoms with Crippen molar-refractivity contribution >= 4 is 17.7 Å². The van der Waals surface area contributed by atoms with Crippen LogP contribution < -0.4 is 0 Å². The van der Waals surface area contributed by atoms with Gasteiger partial charge in [0, 0.05) is 17.3 Å². The van der Waals surface area contributed by atoms with E-state index in [1.807, 2.05) is 37.5 Å². The van der Waals surface area contributed by atoms with Crippen LogP contribution in [0.5, 0.6) is 0 Å². The molecule has 0 aliphatic heterocycles. The van der Waals surface area contributed by atoms with Gasteiger partial charge in [0.25, 0.3) is 0 Å². The van der Waals surface area contributed by atoms with Crippen LogP contribution >= 0.6 is 0 Å². The van der Waals surface area contributed by atoms with E-state index in [1.54, 1.807) is 6.20 Å². The third-order valence-corrected chi connectivity index (χ3v) is 4.62. The lowest BCUT2D eigenvalue weighted by atomic mass is 9.82. The Kier molecular flexibility index (Phi) is 4.37. The number of carbonyl (C=O) groups is 3. The second-order valence-electron chi connectivity index (χ2n) is 7.23. The molecular weight excluding hydrogens is 298 g/mol. The average molecular weight is 321 g/mol. The zero-order valence-electron chi connectivity index (χ0n) is 13.7. The summed E-state index contributed by atoms with van der Waals surface area (Å²) in [5, 5.41) is 18.4. The van der Waals surface area contributed by atoms with Crippen molar-refractivity contribution in [2.75, 3.05) is 0 Å². The summed E-state index contributed by atoms with van der Waals surface area (Å²) in [5.41, 5.74) is -0.406. The molecule has 0 amide bonds.